The van der Waals surface area contributed by atoms with Crippen molar-refractivity contribution in [3.05, 3.63) is 29.8 Å². The van der Waals surface area contributed by atoms with Crippen molar-refractivity contribution < 1.29 is 4.74 Å². The van der Waals surface area contributed by atoms with Gasteiger partial charge in [0.15, 0.2) is 0 Å². The molecule has 0 aromatic heterocycles. The van der Waals surface area contributed by atoms with Crippen LogP contribution in [0.1, 0.15) is 44.1 Å². The molecule has 0 saturated heterocycles. The van der Waals surface area contributed by atoms with E-state index in [2.05, 4.69) is 40.2 Å². The Morgan fingerprint density at radius 1 is 1.19 bits per heavy atom. The van der Waals surface area contributed by atoms with E-state index < -0.39 is 0 Å². The molecule has 1 aromatic rings. The molecule has 1 aliphatic rings. The molecule has 1 aromatic carbocycles. The molecular weight excluding hydrogens is 264 g/mol. The molecule has 0 aliphatic heterocycles. The zero-order chi connectivity index (χ0) is 11.4. The molecule has 0 bridgehead atoms. The zero-order valence-electron chi connectivity index (χ0n) is 9.79. The minimum atomic E-state index is 0.652. The highest BCUT2D eigenvalue weighted by Gasteiger charge is 2.23. The number of rotatable bonds is 3. The molecule has 0 radical (unpaired) electrons. The van der Waals surface area contributed by atoms with Crippen LogP contribution in [0.5, 0.6) is 5.75 Å². The van der Waals surface area contributed by atoms with E-state index in [0.29, 0.717) is 10.7 Å². The van der Waals surface area contributed by atoms with Crippen molar-refractivity contribution in [2.45, 2.75) is 43.4 Å². The number of alkyl halides is 1. The van der Waals surface area contributed by atoms with Gasteiger partial charge in [0.1, 0.15) is 5.75 Å². The van der Waals surface area contributed by atoms with Crippen LogP contribution in [-0.4, -0.2) is 11.4 Å². The van der Waals surface area contributed by atoms with E-state index in [1.165, 1.54) is 31.2 Å². The summed E-state index contributed by atoms with van der Waals surface area (Å²) in [5, 5.41) is 0. The van der Waals surface area contributed by atoms with Gasteiger partial charge in [-0.2, -0.15) is 0 Å². The molecule has 0 amide bonds. The van der Waals surface area contributed by atoms with Gasteiger partial charge in [-0.3, -0.25) is 0 Å². The van der Waals surface area contributed by atoms with Gasteiger partial charge in [-0.25, -0.2) is 0 Å². The van der Waals surface area contributed by atoms with Gasteiger partial charge in [-0.15, -0.1) is 0 Å². The summed E-state index contributed by atoms with van der Waals surface area (Å²) < 4.78 is 5.46. The van der Waals surface area contributed by atoms with E-state index in [0.717, 1.165) is 12.4 Å². The summed E-state index contributed by atoms with van der Waals surface area (Å²) in [6.07, 6.45) is 5.34. The van der Waals surface area contributed by atoms with E-state index in [9.17, 15) is 0 Å². The fourth-order valence-corrected chi connectivity index (χ4v) is 3.33. The SMILES string of the molecule is CCOc1ccc(C2CCCCC2Br)cc1. The largest absolute Gasteiger partial charge is 0.494 e. The first-order valence-corrected chi connectivity index (χ1v) is 7.09. The lowest BCUT2D eigenvalue weighted by molar-refractivity contribution is 0.340. The first-order valence-electron chi connectivity index (χ1n) is 6.18. The highest BCUT2D eigenvalue weighted by Crippen LogP contribution is 2.37. The van der Waals surface area contributed by atoms with Gasteiger partial charge in [-0.1, -0.05) is 40.9 Å². The van der Waals surface area contributed by atoms with Gasteiger partial charge >= 0.3 is 0 Å². The molecule has 0 N–H and O–H groups in total. The van der Waals surface area contributed by atoms with Gasteiger partial charge < -0.3 is 4.74 Å². The maximum Gasteiger partial charge on any atom is 0.119 e. The van der Waals surface area contributed by atoms with Crippen molar-refractivity contribution in [3.8, 4) is 5.75 Å². The van der Waals surface area contributed by atoms with Crippen LogP contribution in [0, 0.1) is 0 Å². The van der Waals surface area contributed by atoms with E-state index in [4.69, 9.17) is 4.74 Å². The topological polar surface area (TPSA) is 9.23 Å². The van der Waals surface area contributed by atoms with Crippen molar-refractivity contribution in [1.29, 1.82) is 0 Å². The molecule has 1 nitrogen and oxygen atoms in total. The van der Waals surface area contributed by atoms with Gasteiger partial charge in [0, 0.05) is 4.83 Å². The predicted molar refractivity (Wildman–Crippen MR) is 71.5 cm³/mol. The maximum absolute atomic E-state index is 5.46. The van der Waals surface area contributed by atoms with Crippen molar-refractivity contribution in [2.24, 2.45) is 0 Å². The lowest BCUT2D eigenvalue weighted by Gasteiger charge is -2.27. The zero-order valence-corrected chi connectivity index (χ0v) is 11.4. The molecule has 16 heavy (non-hydrogen) atoms. The second-order valence-electron chi connectivity index (χ2n) is 4.41. The third-order valence-corrected chi connectivity index (χ3v) is 4.40. The minimum Gasteiger partial charge on any atom is -0.494 e. The Morgan fingerprint density at radius 2 is 1.88 bits per heavy atom. The van der Waals surface area contributed by atoms with Crippen LogP contribution in [0.3, 0.4) is 0 Å². The smallest absolute Gasteiger partial charge is 0.119 e. The fraction of sp³-hybridized carbons (Fsp3) is 0.571. The van der Waals surface area contributed by atoms with Crippen LogP contribution in [0.4, 0.5) is 0 Å². The standard InChI is InChI=1S/C14H19BrO/c1-2-16-12-9-7-11(8-10-12)13-5-3-4-6-14(13)15/h7-10,13-14H,2-6H2,1H3. The third-order valence-electron chi connectivity index (χ3n) is 3.30. The molecule has 1 aliphatic carbocycles. The summed E-state index contributed by atoms with van der Waals surface area (Å²) in [5.41, 5.74) is 1.45. The quantitative estimate of drug-likeness (QED) is 0.742. The fourth-order valence-electron chi connectivity index (χ4n) is 2.44. The first kappa shape index (κ1) is 12.0. The van der Waals surface area contributed by atoms with Crippen LogP contribution in [0.15, 0.2) is 24.3 Å². The Labute approximate surface area is 106 Å². The van der Waals surface area contributed by atoms with E-state index in [-0.39, 0.29) is 0 Å². The number of benzene rings is 1. The first-order chi connectivity index (χ1) is 7.81. The second-order valence-corrected chi connectivity index (χ2v) is 5.59. The highest BCUT2D eigenvalue weighted by molar-refractivity contribution is 9.09. The summed E-state index contributed by atoms with van der Waals surface area (Å²) in [4.78, 5) is 0.652. The highest BCUT2D eigenvalue weighted by atomic mass is 79.9. The van der Waals surface area contributed by atoms with Crippen LogP contribution in [0.2, 0.25) is 0 Å². The summed E-state index contributed by atoms with van der Waals surface area (Å²) >= 11 is 3.81. The van der Waals surface area contributed by atoms with Gasteiger partial charge in [0.2, 0.25) is 0 Å². The second kappa shape index (κ2) is 5.72. The Hall–Kier alpha value is -0.500. The minimum absolute atomic E-state index is 0.652. The number of halogens is 1. The summed E-state index contributed by atoms with van der Waals surface area (Å²) in [6.45, 7) is 2.76. The van der Waals surface area contributed by atoms with Gasteiger partial charge in [-0.05, 0) is 43.4 Å². The van der Waals surface area contributed by atoms with Gasteiger partial charge in [0.05, 0.1) is 6.61 Å². The van der Waals surface area contributed by atoms with E-state index in [1.807, 2.05) is 6.92 Å². The lowest BCUT2D eigenvalue weighted by atomic mass is 9.84. The van der Waals surface area contributed by atoms with E-state index in [1.54, 1.807) is 0 Å². The number of hydrogen-bond donors (Lipinski definition) is 0. The maximum atomic E-state index is 5.46. The molecule has 2 unspecified atom stereocenters. The lowest BCUT2D eigenvalue weighted by Crippen LogP contribution is -2.17. The molecular formula is C14H19BrO. The van der Waals surface area contributed by atoms with Crippen LogP contribution in [0.25, 0.3) is 0 Å². The normalized spacial score (nSPS) is 25.4. The monoisotopic (exact) mass is 282 g/mol. The Bertz CT molecular complexity index is 320. The average Bonchev–Trinajstić information content (AvgIpc) is 2.31. The number of ether oxygens (including phenoxy) is 1. The van der Waals surface area contributed by atoms with Crippen molar-refractivity contribution in [1.82, 2.24) is 0 Å². The molecule has 1 saturated carbocycles. The molecule has 2 heteroatoms. The molecule has 0 spiro atoms. The average molecular weight is 283 g/mol. The van der Waals surface area contributed by atoms with Crippen LogP contribution in [-0.2, 0) is 0 Å². The molecule has 1 fully saturated rings. The van der Waals surface area contributed by atoms with Crippen molar-refractivity contribution >= 4 is 15.9 Å². The molecule has 2 atom stereocenters. The molecule has 88 valence electrons. The Kier molecular flexibility index (Phi) is 4.28. The van der Waals surface area contributed by atoms with E-state index >= 15 is 0 Å². The Balaban J connectivity index is 2.08. The predicted octanol–water partition coefficient (Wildman–Crippen LogP) is 4.51. The van der Waals surface area contributed by atoms with Crippen LogP contribution >= 0.6 is 15.9 Å². The molecule has 2 rings (SSSR count). The number of hydrogen-bond acceptors (Lipinski definition) is 1. The molecule has 0 heterocycles. The summed E-state index contributed by atoms with van der Waals surface area (Å²) in [6, 6.07) is 8.62. The summed E-state index contributed by atoms with van der Waals surface area (Å²) in [7, 11) is 0. The van der Waals surface area contributed by atoms with Gasteiger partial charge in [0.25, 0.3) is 0 Å². The van der Waals surface area contributed by atoms with Crippen LogP contribution < -0.4 is 4.74 Å². The summed E-state index contributed by atoms with van der Waals surface area (Å²) in [5.74, 6) is 1.66. The third kappa shape index (κ3) is 2.79. The Morgan fingerprint density at radius 3 is 2.50 bits per heavy atom. The van der Waals surface area contributed by atoms with Crippen molar-refractivity contribution in [2.75, 3.05) is 6.61 Å². The van der Waals surface area contributed by atoms with Crippen molar-refractivity contribution in [3.63, 3.8) is 0 Å².